The van der Waals surface area contributed by atoms with Gasteiger partial charge >= 0.3 is 0 Å². The van der Waals surface area contributed by atoms with Crippen LogP contribution in [0, 0.1) is 0 Å². The largest absolute Gasteiger partial charge is 0.494 e. The molecule has 0 spiro atoms. The van der Waals surface area contributed by atoms with Crippen LogP contribution in [0.1, 0.15) is 46.0 Å². The van der Waals surface area contributed by atoms with Crippen molar-refractivity contribution in [3.63, 3.8) is 0 Å². The summed E-state index contributed by atoms with van der Waals surface area (Å²) in [5.74, 6) is 0.973. The Balaban J connectivity index is 2.20. The molecule has 1 aromatic carbocycles. The van der Waals surface area contributed by atoms with Crippen molar-refractivity contribution in [2.45, 2.75) is 52.0 Å². The van der Waals surface area contributed by atoms with Crippen molar-refractivity contribution in [3.05, 3.63) is 30.3 Å². The average molecular weight is 249 g/mol. The Hall–Kier alpha value is -1.02. The highest BCUT2D eigenvalue weighted by Gasteiger charge is 2.06. The van der Waals surface area contributed by atoms with Gasteiger partial charge in [0.05, 0.1) is 6.61 Å². The molecular formula is C16H27NO. The second-order valence-electron chi connectivity index (χ2n) is 4.70. The highest BCUT2D eigenvalue weighted by atomic mass is 16.5. The molecule has 1 N–H and O–H groups in total. The van der Waals surface area contributed by atoms with Gasteiger partial charge in [-0.25, -0.2) is 0 Å². The molecule has 2 nitrogen and oxygen atoms in total. The lowest BCUT2D eigenvalue weighted by atomic mass is 10.1. The molecule has 0 heterocycles. The van der Waals surface area contributed by atoms with Crippen LogP contribution in [-0.2, 0) is 0 Å². The Morgan fingerprint density at radius 2 is 1.83 bits per heavy atom. The second kappa shape index (κ2) is 9.95. The Morgan fingerprint density at radius 1 is 1.06 bits per heavy atom. The highest BCUT2D eigenvalue weighted by molar-refractivity contribution is 5.20. The third kappa shape index (κ3) is 6.65. The van der Waals surface area contributed by atoms with Crippen molar-refractivity contribution in [3.8, 4) is 5.75 Å². The van der Waals surface area contributed by atoms with Crippen molar-refractivity contribution in [1.82, 2.24) is 5.32 Å². The smallest absolute Gasteiger partial charge is 0.119 e. The molecule has 0 amide bonds. The molecule has 0 fully saturated rings. The van der Waals surface area contributed by atoms with Crippen LogP contribution in [0.25, 0.3) is 0 Å². The number of ether oxygens (including phenoxy) is 1. The van der Waals surface area contributed by atoms with Gasteiger partial charge < -0.3 is 10.1 Å². The van der Waals surface area contributed by atoms with Crippen molar-refractivity contribution >= 4 is 0 Å². The van der Waals surface area contributed by atoms with Gasteiger partial charge in [-0.05, 0) is 31.5 Å². The SMILES string of the molecule is CCCCCC(CCOc1ccccc1)NCC. The van der Waals surface area contributed by atoms with Gasteiger partial charge in [0.2, 0.25) is 0 Å². The first-order valence-corrected chi connectivity index (χ1v) is 7.28. The van der Waals surface area contributed by atoms with Crippen LogP contribution in [0.3, 0.4) is 0 Å². The monoisotopic (exact) mass is 249 g/mol. The maximum atomic E-state index is 5.75. The van der Waals surface area contributed by atoms with Gasteiger partial charge in [0.1, 0.15) is 5.75 Å². The van der Waals surface area contributed by atoms with Gasteiger partial charge in [0.15, 0.2) is 0 Å². The molecule has 0 saturated heterocycles. The molecule has 18 heavy (non-hydrogen) atoms. The van der Waals surface area contributed by atoms with E-state index < -0.39 is 0 Å². The van der Waals surface area contributed by atoms with E-state index in [1.165, 1.54) is 25.7 Å². The van der Waals surface area contributed by atoms with Crippen molar-refractivity contribution in [1.29, 1.82) is 0 Å². The molecule has 2 heteroatoms. The molecule has 0 aliphatic rings. The zero-order chi connectivity index (χ0) is 13.1. The van der Waals surface area contributed by atoms with E-state index in [9.17, 15) is 0 Å². The molecule has 0 aliphatic carbocycles. The minimum atomic E-state index is 0.602. The number of hydrogen-bond donors (Lipinski definition) is 1. The molecule has 0 radical (unpaired) electrons. The summed E-state index contributed by atoms with van der Waals surface area (Å²) in [4.78, 5) is 0. The maximum Gasteiger partial charge on any atom is 0.119 e. The fourth-order valence-electron chi connectivity index (χ4n) is 2.11. The number of para-hydroxylation sites is 1. The van der Waals surface area contributed by atoms with E-state index >= 15 is 0 Å². The summed E-state index contributed by atoms with van der Waals surface area (Å²) in [7, 11) is 0. The summed E-state index contributed by atoms with van der Waals surface area (Å²) in [5, 5.41) is 3.55. The fourth-order valence-corrected chi connectivity index (χ4v) is 2.11. The van der Waals surface area contributed by atoms with Crippen LogP contribution in [0.5, 0.6) is 5.75 Å². The number of unbranched alkanes of at least 4 members (excludes halogenated alkanes) is 2. The van der Waals surface area contributed by atoms with Gasteiger partial charge in [0.25, 0.3) is 0 Å². The van der Waals surface area contributed by atoms with Gasteiger partial charge in [0, 0.05) is 6.04 Å². The minimum absolute atomic E-state index is 0.602. The first-order valence-electron chi connectivity index (χ1n) is 7.28. The lowest BCUT2D eigenvalue weighted by Crippen LogP contribution is -2.30. The summed E-state index contributed by atoms with van der Waals surface area (Å²) in [6, 6.07) is 10.7. The number of benzene rings is 1. The van der Waals surface area contributed by atoms with E-state index in [2.05, 4.69) is 19.2 Å². The molecule has 1 rings (SSSR count). The van der Waals surface area contributed by atoms with Gasteiger partial charge in [-0.2, -0.15) is 0 Å². The molecule has 1 aromatic rings. The average Bonchev–Trinajstić information content (AvgIpc) is 2.40. The summed E-state index contributed by atoms with van der Waals surface area (Å²) >= 11 is 0. The second-order valence-corrected chi connectivity index (χ2v) is 4.70. The zero-order valence-electron chi connectivity index (χ0n) is 11.8. The summed E-state index contributed by atoms with van der Waals surface area (Å²) in [6.45, 7) is 6.27. The van der Waals surface area contributed by atoms with Gasteiger partial charge in [-0.3, -0.25) is 0 Å². The summed E-state index contributed by atoms with van der Waals surface area (Å²) in [5.41, 5.74) is 0. The van der Waals surface area contributed by atoms with E-state index in [4.69, 9.17) is 4.74 Å². The maximum absolute atomic E-state index is 5.75. The molecule has 1 unspecified atom stereocenters. The lowest BCUT2D eigenvalue weighted by molar-refractivity contribution is 0.280. The normalized spacial score (nSPS) is 12.3. The zero-order valence-corrected chi connectivity index (χ0v) is 11.8. The molecule has 0 aliphatic heterocycles. The van der Waals surface area contributed by atoms with Crippen molar-refractivity contribution in [2.24, 2.45) is 0 Å². The van der Waals surface area contributed by atoms with Crippen LogP contribution in [0.2, 0.25) is 0 Å². The van der Waals surface area contributed by atoms with Crippen molar-refractivity contribution < 1.29 is 4.74 Å². The van der Waals surface area contributed by atoms with Crippen LogP contribution in [0.4, 0.5) is 0 Å². The predicted molar refractivity (Wildman–Crippen MR) is 78.2 cm³/mol. The first kappa shape index (κ1) is 15.0. The van der Waals surface area contributed by atoms with E-state index in [0.29, 0.717) is 6.04 Å². The predicted octanol–water partition coefficient (Wildman–Crippen LogP) is 4.01. The Bertz CT molecular complexity index is 286. The van der Waals surface area contributed by atoms with Gasteiger partial charge in [-0.1, -0.05) is 51.3 Å². The third-order valence-corrected chi connectivity index (χ3v) is 3.13. The van der Waals surface area contributed by atoms with E-state index in [0.717, 1.165) is 25.3 Å². The van der Waals surface area contributed by atoms with Crippen molar-refractivity contribution in [2.75, 3.05) is 13.2 Å². The Kier molecular flexibility index (Phi) is 8.32. The summed E-state index contributed by atoms with van der Waals surface area (Å²) < 4.78 is 5.75. The third-order valence-electron chi connectivity index (χ3n) is 3.13. The molecule has 0 saturated carbocycles. The molecule has 0 aromatic heterocycles. The topological polar surface area (TPSA) is 21.3 Å². The van der Waals surface area contributed by atoms with Crippen LogP contribution < -0.4 is 10.1 Å². The fraction of sp³-hybridized carbons (Fsp3) is 0.625. The summed E-state index contributed by atoms with van der Waals surface area (Å²) in [6.07, 6.45) is 6.30. The molecular weight excluding hydrogens is 222 g/mol. The molecule has 0 bridgehead atoms. The quantitative estimate of drug-likeness (QED) is 0.632. The van der Waals surface area contributed by atoms with E-state index in [-0.39, 0.29) is 0 Å². The Labute approximate surface area is 112 Å². The highest BCUT2D eigenvalue weighted by Crippen LogP contribution is 2.11. The number of rotatable bonds is 10. The first-order chi connectivity index (χ1) is 8.86. The van der Waals surface area contributed by atoms with Crippen LogP contribution in [0.15, 0.2) is 30.3 Å². The number of hydrogen-bond acceptors (Lipinski definition) is 2. The molecule has 1 atom stereocenters. The number of nitrogens with one attached hydrogen (secondary N) is 1. The van der Waals surface area contributed by atoms with E-state index in [1.807, 2.05) is 30.3 Å². The molecule has 102 valence electrons. The lowest BCUT2D eigenvalue weighted by Gasteiger charge is -2.18. The Morgan fingerprint density at radius 3 is 2.50 bits per heavy atom. The minimum Gasteiger partial charge on any atom is -0.494 e. The van der Waals surface area contributed by atoms with E-state index in [1.54, 1.807) is 0 Å². The van der Waals surface area contributed by atoms with Crippen LogP contribution >= 0.6 is 0 Å². The van der Waals surface area contributed by atoms with Gasteiger partial charge in [-0.15, -0.1) is 0 Å². The van der Waals surface area contributed by atoms with Crippen LogP contribution in [-0.4, -0.2) is 19.2 Å². The standard InChI is InChI=1S/C16H27NO/c1-3-5-7-10-15(17-4-2)13-14-18-16-11-8-6-9-12-16/h6,8-9,11-12,15,17H,3-5,7,10,13-14H2,1-2H3.